The fourth-order valence-corrected chi connectivity index (χ4v) is 1.98. The minimum Gasteiger partial charge on any atom is -0.476 e. The number of nitrogens with one attached hydrogen (secondary N) is 1. The van der Waals surface area contributed by atoms with E-state index in [-0.39, 0.29) is 5.69 Å². The van der Waals surface area contributed by atoms with E-state index in [2.05, 4.69) is 34.3 Å². The molecule has 0 saturated carbocycles. The molecule has 0 radical (unpaired) electrons. The third kappa shape index (κ3) is 3.54. The quantitative estimate of drug-likeness (QED) is 0.845. The van der Waals surface area contributed by atoms with Crippen molar-refractivity contribution in [1.82, 2.24) is 9.97 Å². The Morgan fingerprint density at radius 1 is 1.25 bits per heavy atom. The molecule has 0 aliphatic carbocycles. The van der Waals surface area contributed by atoms with E-state index in [1.165, 1.54) is 18.0 Å². The summed E-state index contributed by atoms with van der Waals surface area (Å²) in [7, 11) is 0. The summed E-state index contributed by atoms with van der Waals surface area (Å²) >= 11 is 0. The van der Waals surface area contributed by atoms with Gasteiger partial charge in [-0.2, -0.15) is 0 Å². The van der Waals surface area contributed by atoms with E-state index >= 15 is 0 Å². The summed E-state index contributed by atoms with van der Waals surface area (Å²) in [6, 6.07) is 10.2. The number of anilines is 1. The van der Waals surface area contributed by atoms with Crippen molar-refractivity contribution in [2.75, 3.05) is 11.9 Å². The van der Waals surface area contributed by atoms with Crippen LogP contribution in [0.15, 0.2) is 42.7 Å². The summed E-state index contributed by atoms with van der Waals surface area (Å²) in [4.78, 5) is 18.8. The van der Waals surface area contributed by atoms with Gasteiger partial charge in [-0.3, -0.25) is 0 Å². The van der Waals surface area contributed by atoms with Crippen LogP contribution >= 0.6 is 0 Å². The molecular formula is C15H17N3O2. The summed E-state index contributed by atoms with van der Waals surface area (Å²) in [5.74, 6) is -0.356. The molecule has 20 heavy (non-hydrogen) atoms. The first-order chi connectivity index (χ1) is 9.68. The summed E-state index contributed by atoms with van der Waals surface area (Å²) in [6.07, 6.45) is 3.75. The van der Waals surface area contributed by atoms with Crippen molar-refractivity contribution in [1.29, 1.82) is 0 Å². The van der Waals surface area contributed by atoms with Gasteiger partial charge in [0.05, 0.1) is 0 Å². The molecule has 2 aromatic rings. The lowest BCUT2D eigenvalue weighted by Crippen LogP contribution is -2.12. The highest BCUT2D eigenvalue weighted by molar-refractivity contribution is 5.90. The highest BCUT2D eigenvalue weighted by Gasteiger charge is 2.12. The second kappa shape index (κ2) is 6.65. The molecule has 0 spiro atoms. The zero-order chi connectivity index (χ0) is 14.4. The number of benzene rings is 1. The lowest BCUT2D eigenvalue weighted by Gasteiger charge is -2.13. The van der Waals surface area contributed by atoms with Gasteiger partial charge in [0.25, 0.3) is 0 Å². The first-order valence-electron chi connectivity index (χ1n) is 6.51. The Hall–Kier alpha value is -2.43. The summed E-state index contributed by atoms with van der Waals surface area (Å²) in [5, 5.41) is 12.1. The molecule has 5 heteroatoms. The van der Waals surface area contributed by atoms with Gasteiger partial charge in [0.15, 0.2) is 11.5 Å². The van der Waals surface area contributed by atoms with E-state index in [0.717, 1.165) is 6.42 Å². The minimum atomic E-state index is -1.07. The summed E-state index contributed by atoms with van der Waals surface area (Å²) in [5.41, 5.74) is 1.23. The maximum Gasteiger partial charge on any atom is 0.358 e. The van der Waals surface area contributed by atoms with Gasteiger partial charge in [-0.1, -0.05) is 37.3 Å². The van der Waals surface area contributed by atoms with Gasteiger partial charge in [-0.15, -0.1) is 0 Å². The van der Waals surface area contributed by atoms with Crippen LogP contribution in [0.4, 0.5) is 5.82 Å². The van der Waals surface area contributed by atoms with Crippen molar-refractivity contribution >= 4 is 11.8 Å². The second-order valence-electron chi connectivity index (χ2n) is 4.59. The first kappa shape index (κ1) is 14.0. The molecule has 104 valence electrons. The number of aromatic carboxylic acids is 1. The molecule has 2 rings (SSSR count). The van der Waals surface area contributed by atoms with E-state index in [9.17, 15) is 4.79 Å². The lowest BCUT2D eigenvalue weighted by molar-refractivity contribution is 0.0691. The van der Waals surface area contributed by atoms with Crippen LogP contribution < -0.4 is 5.32 Å². The predicted molar refractivity (Wildman–Crippen MR) is 77.0 cm³/mol. The predicted octanol–water partition coefficient (Wildman–Crippen LogP) is 2.78. The van der Waals surface area contributed by atoms with Crippen LogP contribution in [-0.4, -0.2) is 27.6 Å². The van der Waals surface area contributed by atoms with Crippen LogP contribution in [0.2, 0.25) is 0 Å². The lowest BCUT2D eigenvalue weighted by atomic mass is 9.98. The monoisotopic (exact) mass is 271 g/mol. The van der Waals surface area contributed by atoms with Gasteiger partial charge >= 0.3 is 5.97 Å². The maximum atomic E-state index is 11.0. The molecular weight excluding hydrogens is 254 g/mol. The molecule has 1 atom stereocenters. The van der Waals surface area contributed by atoms with Crippen molar-refractivity contribution < 1.29 is 9.90 Å². The molecule has 1 unspecified atom stereocenters. The smallest absolute Gasteiger partial charge is 0.358 e. The fraction of sp³-hybridized carbons (Fsp3) is 0.267. The number of hydrogen-bond donors (Lipinski definition) is 2. The Kier molecular flexibility index (Phi) is 4.65. The molecule has 2 N–H and O–H groups in total. The topological polar surface area (TPSA) is 75.1 Å². The number of hydrogen-bond acceptors (Lipinski definition) is 4. The summed E-state index contributed by atoms with van der Waals surface area (Å²) in [6.45, 7) is 2.79. The second-order valence-corrected chi connectivity index (χ2v) is 4.59. The standard InChI is InChI=1S/C15H17N3O2/c1-11(12-5-3-2-4-6-12)7-8-17-14-13(15(19)20)16-9-10-18-14/h2-6,9-11H,7-8H2,1H3,(H,17,18)(H,19,20). The normalized spacial score (nSPS) is 11.8. The number of carbonyl (C=O) groups is 1. The van der Waals surface area contributed by atoms with Gasteiger partial charge in [0.2, 0.25) is 0 Å². The number of carboxylic acid groups (broad SMARTS) is 1. The number of aromatic nitrogens is 2. The van der Waals surface area contributed by atoms with Crippen molar-refractivity contribution in [2.45, 2.75) is 19.3 Å². The van der Waals surface area contributed by atoms with E-state index in [1.54, 1.807) is 0 Å². The van der Waals surface area contributed by atoms with E-state index < -0.39 is 5.97 Å². The van der Waals surface area contributed by atoms with Crippen LogP contribution in [0.5, 0.6) is 0 Å². The van der Waals surface area contributed by atoms with Gasteiger partial charge in [-0.05, 0) is 17.9 Å². The van der Waals surface area contributed by atoms with Crippen LogP contribution in [0.1, 0.15) is 35.3 Å². The molecule has 1 heterocycles. The number of carboxylic acids is 1. The molecule has 0 aliphatic heterocycles. The van der Waals surface area contributed by atoms with Gasteiger partial charge < -0.3 is 10.4 Å². The molecule has 0 amide bonds. The third-order valence-electron chi connectivity index (χ3n) is 3.14. The molecule has 0 bridgehead atoms. The van der Waals surface area contributed by atoms with Crippen molar-refractivity contribution in [2.24, 2.45) is 0 Å². The SMILES string of the molecule is CC(CCNc1nccnc1C(=O)O)c1ccccc1. The summed E-state index contributed by atoms with van der Waals surface area (Å²) < 4.78 is 0. The number of rotatable bonds is 6. The van der Waals surface area contributed by atoms with Crippen molar-refractivity contribution in [3.05, 3.63) is 54.0 Å². The molecule has 0 saturated heterocycles. The van der Waals surface area contributed by atoms with Crippen molar-refractivity contribution in [3.8, 4) is 0 Å². The maximum absolute atomic E-state index is 11.0. The average molecular weight is 271 g/mol. The Bertz CT molecular complexity index is 572. The van der Waals surface area contributed by atoms with Crippen LogP contribution in [-0.2, 0) is 0 Å². The van der Waals surface area contributed by atoms with E-state index in [1.807, 2.05) is 18.2 Å². The number of nitrogens with zero attached hydrogens (tertiary/aromatic N) is 2. The largest absolute Gasteiger partial charge is 0.476 e. The van der Waals surface area contributed by atoms with E-state index in [0.29, 0.717) is 18.3 Å². The van der Waals surface area contributed by atoms with Gasteiger partial charge in [0, 0.05) is 18.9 Å². The molecule has 0 aliphatic rings. The Labute approximate surface area is 117 Å². The fourth-order valence-electron chi connectivity index (χ4n) is 1.98. The molecule has 1 aromatic carbocycles. The van der Waals surface area contributed by atoms with Gasteiger partial charge in [-0.25, -0.2) is 14.8 Å². The Balaban J connectivity index is 1.92. The average Bonchev–Trinajstić information content (AvgIpc) is 2.48. The molecule has 5 nitrogen and oxygen atoms in total. The zero-order valence-corrected chi connectivity index (χ0v) is 11.3. The minimum absolute atomic E-state index is 0.0418. The van der Waals surface area contributed by atoms with Crippen molar-refractivity contribution in [3.63, 3.8) is 0 Å². The van der Waals surface area contributed by atoms with E-state index in [4.69, 9.17) is 5.11 Å². The molecule has 0 fully saturated rings. The van der Waals surface area contributed by atoms with Crippen LogP contribution in [0.25, 0.3) is 0 Å². The third-order valence-corrected chi connectivity index (χ3v) is 3.14. The van der Waals surface area contributed by atoms with Gasteiger partial charge in [0.1, 0.15) is 0 Å². The highest BCUT2D eigenvalue weighted by Crippen LogP contribution is 2.18. The Morgan fingerprint density at radius 3 is 2.65 bits per heavy atom. The molecule has 1 aromatic heterocycles. The first-order valence-corrected chi connectivity index (χ1v) is 6.51. The highest BCUT2D eigenvalue weighted by atomic mass is 16.4. The van der Waals surface area contributed by atoms with Crippen LogP contribution in [0, 0.1) is 0 Å². The zero-order valence-electron chi connectivity index (χ0n) is 11.3. The van der Waals surface area contributed by atoms with Crippen LogP contribution in [0.3, 0.4) is 0 Å². The Morgan fingerprint density at radius 2 is 1.95 bits per heavy atom.